The van der Waals surface area contributed by atoms with E-state index in [4.69, 9.17) is 25.8 Å². The number of thiophene rings is 1. The first-order valence-electron chi connectivity index (χ1n) is 10.6. The van der Waals surface area contributed by atoms with Crippen LogP contribution in [0.1, 0.15) is 47.0 Å². The number of aromatic nitrogens is 1. The number of carbonyl (C=O) groups excluding carboxylic acids is 1. The number of benzene rings is 2. The number of halogens is 1. The smallest absolute Gasteiger partial charge is 0.341 e. The zero-order valence-corrected chi connectivity index (χ0v) is 20.3. The van der Waals surface area contributed by atoms with Crippen molar-refractivity contribution in [1.29, 1.82) is 0 Å². The van der Waals surface area contributed by atoms with Gasteiger partial charge in [-0.2, -0.15) is 0 Å². The average Bonchev–Trinajstić information content (AvgIpc) is 3.22. The highest BCUT2D eigenvalue weighted by Crippen LogP contribution is 2.35. The number of fused-ring (bicyclic) bond motifs is 1. The van der Waals surface area contributed by atoms with Crippen molar-refractivity contribution >= 4 is 39.0 Å². The summed E-state index contributed by atoms with van der Waals surface area (Å²) in [6, 6.07) is 14.0. The van der Waals surface area contributed by atoms with Crippen LogP contribution in [-0.2, 0) is 18.0 Å². The number of hydrogen-bond acceptors (Lipinski definition) is 6. The molecule has 7 heteroatoms. The summed E-state index contributed by atoms with van der Waals surface area (Å²) in [6.45, 7) is 6.91. The van der Waals surface area contributed by atoms with Crippen LogP contribution in [0.15, 0.2) is 54.0 Å². The molecular weight excluding hydrogens is 470 g/mol. The zero-order chi connectivity index (χ0) is 23.4. The van der Waals surface area contributed by atoms with Crippen molar-refractivity contribution in [3.63, 3.8) is 0 Å². The Balaban J connectivity index is 0.00000324. The Morgan fingerprint density at radius 2 is 1.71 bits per heavy atom. The van der Waals surface area contributed by atoms with Gasteiger partial charge in [0, 0.05) is 23.2 Å². The van der Waals surface area contributed by atoms with E-state index >= 15 is 0 Å². The molecule has 0 fully saturated rings. The van der Waals surface area contributed by atoms with Gasteiger partial charge in [0.2, 0.25) is 0 Å². The van der Waals surface area contributed by atoms with Gasteiger partial charge in [0.1, 0.15) is 29.9 Å². The monoisotopic (exact) mass is 497 g/mol. The van der Waals surface area contributed by atoms with Crippen LogP contribution in [0.5, 0.6) is 11.5 Å². The van der Waals surface area contributed by atoms with Crippen LogP contribution in [-0.4, -0.2) is 17.6 Å². The van der Waals surface area contributed by atoms with Gasteiger partial charge in [0.25, 0.3) is 0 Å². The fourth-order valence-electron chi connectivity index (χ4n) is 3.50. The van der Waals surface area contributed by atoms with Crippen molar-refractivity contribution in [3.05, 3.63) is 87.0 Å². The van der Waals surface area contributed by atoms with Gasteiger partial charge in [-0.3, -0.25) is 0 Å². The van der Waals surface area contributed by atoms with Crippen molar-refractivity contribution in [1.82, 2.24) is 4.98 Å². The lowest BCUT2D eigenvalue weighted by Crippen LogP contribution is -2.05. The summed E-state index contributed by atoms with van der Waals surface area (Å²) in [5.74, 6) is 1.03. The molecule has 0 unspecified atom stereocenters. The number of hydrogen-bond donors (Lipinski definition) is 0. The van der Waals surface area contributed by atoms with E-state index in [0.29, 0.717) is 29.7 Å². The minimum Gasteiger partial charge on any atom is -0.489 e. The highest BCUT2D eigenvalue weighted by Gasteiger charge is 2.19. The lowest BCUT2D eigenvalue weighted by atomic mass is 10.1. The average molecular weight is 498 g/mol. The summed E-state index contributed by atoms with van der Waals surface area (Å²) >= 11 is 7.80. The fourth-order valence-corrected chi connectivity index (χ4v) is 4.87. The molecule has 0 bridgehead atoms. The van der Waals surface area contributed by atoms with Crippen LogP contribution in [0.4, 0.5) is 0 Å². The van der Waals surface area contributed by atoms with Crippen LogP contribution in [0.2, 0.25) is 5.15 Å². The Morgan fingerprint density at radius 1 is 1.03 bits per heavy atom. The predicted octanol–water partition coefficient (Wildman–Crippen LogP) is 7.54. The highest BCUT2D eigenvalue weighted by atomic mass is 35.5. The van der Waals surface area contributed by atoms with Crippen molar-refractivity contribution in [2.45, 2.75) is 41.4 Å². The summed E-state index contributed by atoms with van der Waals surface area (Å²) in [6.07, 6.45) is 1.46. The molecule has 5 nitrogen and oxygen atoms in total. The predicted molar refractivity (Wildman–Crippen MR) is 138 cm³/mol. The summed E-state index contributed by atoms with van der Waals surface area (Å²) in [7, 11) is 0. The molecule has 0 saturated carbocycles. The number of nitrogens with zero attached hydrogens (tertiary/aromatic N) is 1. The maximum Gasteiger partial charge on any atom is 0.341 e. The highest BCUT2D eigenvalue weighted by molar-refractivity contribution is 7.17. The fraction of sp³-hybridized carbons (Fsp3) is 0.259. The first-order chi connectivity index (χ1) is 16.0. The van der Waals surface area contributed by atoms with Crippen LogP contribution >= 0.6 is 22.9 Å². The Morgan fingerprint density at radius 3 is 2.38 bits per heavy atom. The molecule has 4 rings (SSSR count). The van der Waals surface area contributed by atoms with E-state index in [1.165, 1.54) is 23.1 Å². The third-order valence-corrected chi connectivity index (χ3v) is 6.54. The molecule has 0 aliphatic rings. The molecular formula is C27H28ClNO4S. The maximum atomic E-state index is 12.3. The first kappa shape index (κ1) is 25.5. The third kappa shape index (κ3) is 5.69. The summed E-state index contributed by atoms with van der Waals surface area (Å²) in [5.41, 5.74) is 4.65. The molecule has 0 aliphatic heterocycles. The van der Waals surface area contributed by atoms with Crippen molar-refractivity contribution in [2.75, 3.05) is 6.61 Å². The number of carbonyl (C=O) groups is 1. The molecule has 2 heterocycles. The molecule has 0 N–H and O–H groups in total. The summed E-state index contributed by atoms with van der Waals surface area (Å²) < 4.78 is 18.0. The lowest BCUT2D eigenvalue weighted by Gasteiger charge is -2.12. The van der Waals surface area contributed by atoms with Gasteiger partial charge in [-0.05, 0) is 55.0 Å². The number of rotatable bonds is 8. The molecule has 0 atom stereocenters. The van der Waals surface area contributed by atoms with Crippen molar-refractivity contribution in [2.24, 2.45) is 0 Å². The number of ether oxygens (including phenoxy) is 3. The van der Waals surface area contributed by atoms with Gasteiger partial charge in [-0.15, -0.1) is 11.3 Å². The van der Waals surface area contributed by atoms with E-state index < -0.39 is 5.97 Å². The Labute approximate surface area is 209 Å². The van der Waals surface area contributed by atoms with E-state index in [0.717, 1.165) is 32.5 Å². The molecule has 0 saturated heterocycles. The second kappa shape index (κ2) is 11.4. The second-order valence-corrected chi connectivity index (χ2v) is 8.87. The van der Waals surface area contributed by atoms with Crippen LogP contribution in [0.3, 0.4) is 0 Å². The quantitative estimate of drug-likeness (QED) is 0.186. The van der Waals surface area contributed by atoms with E-state index in [1.807, 2.05) is 42.6 Å². The molecule has 0 aliphatic carbocycles. The van der Waals surface area contributed by atoms with Gasteiger partial charge >= 0.3 is 5.97 Å². The largest absolute Gasteiger partial charge is 0.489 e. The SMILES string of the molecule is C.CCOC(=O)c1cnc(Cl)c2c(COc3cc(C)cc(OCc4ccccc4C)c3)csc12. The molecule has 2 aromatic heterocycles. The summed E-state index contributed by atoms with van der Waals surface area (Å²) in [5, 5.41) is 2.99. The Kier molecular flexibility index (Phi) is 8.53. The molecule has 4 aromatic rings. The lowest BCUT2D eigenvalue weighted by molar-refractivity contribution is 0.0528. The van der Waals surface area contributed by atoms with Gasteiger partial charge in [-0.25, -0.2) is 9.78 Å². The topological polar surface area (TPSA) is 57.7 Å². The Bertz CT molecular complexity index is 1300. The number of esters is 1. The molecule has 0 radical (unpaired) electrons. The summed E-state index contributed by atoms with van der Waals surface area (Å²) in [4.78, 5) is 16.5. The van der Waals surface area contributed by atoms with Gasteiger partial charge in [0.15, 0.2) is 0 Å². The van der Waals surface area contributed by atoms with Crippen molar-refractivity contribution in [3.8, 4) is 11.5 Å². The minimum absolute atomic E-state index is 0. The van der Waals surface area contributed by atoms with Crippen molar-refractivity contribution < 1.29 is 19.0 Å². The molecule has 2 aromatic carbocycles. The standard InChI is InChI=1S/C26H24ClNO4S.CH4/c1-4-30-26(29)22-12-28-25(27)23-19(15-33-24(22)23)14-32-21-10-16(2)9-20(11-21)31-13-18-8-6-5-7-17(18)3;/h5-12,15H,4,13-14H2,1-3H3;1H4. The van der Waals surface area contributed by atoms with Crippen LogP contribution in [0, 0.1) is 13.8 Å². The van der Waals surface area contributed by atoms with Gasteiger partial charge in [-0.1, -0.05) is 43.3 Å². The first-order valence-corrected chi connectivity index (χ1v) is 11.9. The molecule has 0 amide bonds. The molecule has 178 valence electrons. The number of aryl methyl sites for hydroxylation is 2. The van der Waals surface area contributed by atoms with Gasteiger partial charge in [0.05, 0.1) is 16.9 Å². The molecule has 34 heavy (non-hydrogen) atoms. The van der Waals surface area contributed by atoms with E-state index in [1.54, 1.807) is 6.92 Å². The van der Waals surface area contributed by atoms with E-state index in [2.05, 4.69) is 24.0 Å². The maximum absolute atomic E-state index is 12.3. The molecule has 0 spiro atoms. The van der Waals surface area contributed by atoms with E-state index in [9.17, 15) is 4.79 Å². The van der Waals surface area contributed by atoms with Crippen LogP contribution < -0.4 is 9.47 Å². The second-order valence-electron chi connectivity index (χ2n) is 7.63. The number of pyridine rings is 1. The minimum atomic E-state index is -0.407. The normalized spacial score (nSPS) is 10.6. The zero-order valence-electron chi connectivity index (χ0n) is 18.7. The Hall–Kier alpha value is -3.09. The van der Waals surface area contributed by atoms with Gasteiger partial charge < -0.3 is 14.2 Å². The third-order valence-electron chi connectivity index (χ3n) is 5.19. The van der Waals surface area contributed by atoms with E-state index in [-0.39, 0.29) is 14.0 Å². The van der Waals surface area contributed by atoms with Crippen LogP contribution in [0.25, 0.3) is 10.1 Å².